The second kappa shape index (κ2) is 6.60. The molecule has 1 aliphatic rings. The Kier molecular flexibility index (Phi) is 4.37. The van der Waals surface area contributed by atoms with Crippen molar-refractivity contribution in [3.63, 3.8) is 0 Å². The van der Waals surface area contributed by atoms with Gasteiger partial charge in [0.2, 0.25) is 5.91 Å². The fraction of sp³-hybridized carbons (Fsp3) is 0.333. The molecule has 0 saturated heterocycles. The number of hydrogen-bond acceptors (Lipinski definition) is 2. The Labute approximate surface area is 130 Å². The third kappa shape index (κ3) is 3.11. The van der Waals surface area contributed by atoms with E-state index in [0.29, 0.717) is 0 Å². The summed E-state index contributed by atoms with van der Waals surface area (Å²) in [6, 6.07) is 9.80. The molecule has 0 spiro atoms. The van der Waals surface area contributed by atoms with Crippen molar-refractivity contribution in [3.05, 3.63) is 66.3 Å². The van der Waals surface area contributed by atoms with E-state index in [0.717, 1.165) is 30.7 Å². The quantitative estimate of drug-likeness (QED) is 0.881. The summed E-state index contributed by atoms with van der Waals surface area (Å²) in [5.41, 5.74) is 1.05. The van der Waals surface area contributed by atoms with Crippen LogP contribution >= 0.6 is 0 Å². The van der Waals surface area contributed by atoms with Gasteiger partial charge >= 0.3 is 0 Å². The van der Waals surface area contributed by atoms with Crippen LogP contribution in [0.5, 0.6) is 0 Å². The molecule has 0 bridgehead atoms. The number of nitrogens with one attached hydrogen (secondary N) is 1. The lowest BCUT2D eigenvalue weighted by atomic mass is 9.93. The summed E-state index contributed by atoms with van der Waals surface area (Å²) in [5, 5.41) is 3.19. The van der Waals surface area contributed by atoms with E-state index >= 15 is 0 Å². The van der Waals surface area contributed by atoms with Crippen molar-refractivity contribution >= 4 is 5.91 Å². The van der Waals surface area contributed by atoms with Crippen LogP contribution in [0.1, 0.15) is 36.7 Å². The molecule has 4 heteroatoms. The standard InChI is InChI=1S/C18H21N3O/c1-21-13-12-19-17(21)16(14-8-4-2-5-9-14)20-18(22)15-10-6-3-7-11-15/h2-6,8-9,12-13,15-16H,7,10-11H2,1H3,(H,20,22)/t15-,16+/m0/s1. The Morgan fingerprint density at radius 3 is 2.77 bits per heavy atom. The number of aromatic nitrogens is 2. The molecule has 0 unspecified atom stereocenters. The normalized spacial score (nSPS) is 18.9. The van der Waals surface area contributed by atoms with E-state index in [9.17, 15) is 4.79 Å². The molecule has 114 valence electrons. The number of allylic oxidation sites excluding steroid dienone is 2. The van der Waals surface area contributed by atoms with Gasteiger partial charge in [0.25, 0.3) is 0 Å². The fourth-order valence-electron chi connectivity index (χ4n) is 2.89. The smallest absolute Gasteiger partial charge is 0.224 e. The Morgan fingerprint density at radius 2 is 2.14 bits per heavy atom. The van der Waals surface area contributed by atoms with Crippen LogP contribution in [0.4, 0.5) is 0 Å². The maximum absolute atomic E-state index is 12.6. The number of nitrogens with zero attached hydrogens (tertiary/aromatic N) is 2. The minimum absolute atomic E-state index is 0.0662. The summed E-state index contributed by atoms with van der Waals surface area (Å²) in [6.45, 7) is 0. The van der Waals surface area contributed by atoms with E-state index in [1.165, 1.54) is 0 Å². The number of imidazole rings is 1. The summed E-state index contributed by atoms with van der Waals surface area (Å²) in [4.78, 5) is 17.0. The van der Waals surface area contributed by atoms with Crippen LogP contribution in [0.15, 0.2) is 54.9 Å². The van der Waals surface area contributed by atoms with Gasteiger partial charge in [-0.15, -0.1) is 0 Å². The summed E-state index contributed by atoms with van der Waals surface area (Å²) in [5.74, 6) is 1.03. The van der Waals surface area contributed by atoms with Gasteiger partial charge in [0.05, 0.1) is 0 Å². The first kappa shape index (κ1) is 14.6. The number of carbonyl (C=O) groups is 1. The first-order valence-corrected chi connectivity index (χ1v) is 7.73. The lowest BCUT2D eigenvalue weighted by Crippen LogP contribution is -2.36. The van der Waals surface area contributed by atoms with Crippen molar-refractivity contribution in [3.8, 4) is 0 Å². The molecule has 4 nitrogen and oxygen atoms in total. The lowest BCUT2D eigenvalue weighted by Gasteiger charge is -2.23. The van der Waals surface area contributed by atoms with Gasteiger partial charge in [0.1, 0.15) is 11.9 Å². The Morgan fingerprint density at radius 1 is 1.32 bits per heavy atom. The van der Waals surface area contributed by atoms with Gasteiger partial charge in [-0.25, -0.2) is 4.98 Å². The zero-order valence-electron chi connectivity index (χ0n) is 12.8. The fourth-order valence-corrected chi connectivity index (χ4v) is 2.89. The molecule has 2 aromatic rings. The third-order valence-corrected chi connectivity index (χ3v) is 4.18. The number of aryl methyl sites for hydroxylation is 1. The lowest BCUT2D eigenvalue weighted by molar-refractivity contribution is -0.125. The Balaban J connectivity index is 1.85. The number of hydrogen-bond donors (Lipinski definition) is 1. The molecule has 0 aliphatic heterocycles. The van der Waals surface area contributed by atoms with Crippen molar-refractivity contribution in [1.29, 1.82) is 0 Å². The van der Waals surface area contributed by atoms with Crippen LogP contribution in [0.2, 0.25) is 0 Å². The van der Waals surface area contributed by atoms with Gasteiger partial charge in [0.15, 0.2) is 0 Å². The minimum atomic E-state index is -0.209. The predicted molar refractivity (Wildman–Crippen MR) is 86.1 cm³/mol. The average molecular weight is 295 g/mol. The molecule has 1 aliphatic carbocycles. The van der Waals surface area contributed by atoms with Crippen molar-refractivity contribution in [2.24, 2.45) is 13.0 Å². The van der Waals surface area contributed by atoms with Gasteiger partial charge in [-0.3, -0.25) is 4.79 Å². The van der Waals surface area contributed by atoms with Gasteiger partial charge < -0.3 is 9.88 Å². The van der Waals surface area contributed by atoms with Gasteiger partial charge in [-0.05, 0) is 24.8 Å². The second-order valence-corrected chi connectivity index (χ2v) is 5.73. The zero-order chi connectivity index (χ0) is 15.4. The molecule has 2 atom stereocenters. The highest BCUT2D eigenvalue weighted by Crippen LogP contribution is 2.23. The second-order valence-electron chi connectivity index (χ2n) is 5.73. The van der Waals surface area contributed by atoms with E-state index in [-0.39, 0.29) is 17.9 Å². The van der Waals surface area contributed by atoms with Crippen LogP contribution in [0.25, 0.3) is 0 Å². The molecule has 0 radical (unpaired) electrons. The number of benzene rings is 1. The number of rotatable bonds is 4. The van der Waals surface area contributed by atoms with Crippen LogP contribution in [0, 0.1) is 5.92 Å². The molecule has 3 rings (SSSR count). The zero-order valence-corrected chi connectivity index (χ0v) is 12.8. The van der Waals surface area contributed by atoms with E-state index in [1.54, 1.807) is 6.20 Å². The first-order chi connectivity index (χ1) is 10.8. The molecular formula is C18H21N3O. The van der Waals surface area contributed by atoms with E-state index < -0.39 is 0 Å². The molecule has 1 N–H and O–H groups in total. The van der Waals surface area contributed by atoms with Crippen molar-refractivity contribution in [2.75, 3.05) is 0 Å². The number of amides is 1. The monoisotopic (exact) mass is 295 g/mol. The average Bonchev–Trinajstić information content (AvgIpc) is 3.00. The molecular weight excluding hydrogens is 274 g/mol. The maximum Gasteiger partial charge on any atom is 0.224 e. The van der Waals surface area contributed by atoms with E-state index in [4.69, 9.17) is 0 Å². The van der Waals surface area contributed by atoms with E-state index in [2.05, 4.69) is 22.5 Å². The maximum atomic E-state index is 12.6. The highest BCUT2D eigenvalue weighted by Gasteiger charge is 2.25. The van der Waals surface area contributed by atoms with E-state index in [1.807, 2.05) is 48.1 Å². The van der Waals surface area contributed by atoms with Crippen molar-refractivity contribution in [2.45, 2.75) is 25.3 Å². The summed E-state index contributed by atoms with van der Waals surface area (Å²) in [6.07, 6.45) is 10.7. The molecule has 1 amide bonds. The van der Waals surface area contributed by atoms with Crippen LogP contribution in [-0.4, -0.2) is 15.5 Å². The largest absolute Gasteiger partial charge is 0.342 e. The van der Waals surface area contributed by atoms with Crippen LogP contribution in [-0.2, 0) is 11.8 Å². The third-order valence-electron chi connectivity index (χ3n) is 4.18. The summed E-state index contributed by atoms with van der Waals surface area (Å²) < 4.78 is 1.96. The molecule has 1 aromatic heterocycles. The highest BCUT2D eigenvalue weighted by molar-refractivity contribution is 5.79. The minimum Gasteiger partial charge on any atom is -0.342 e. The number of carbonyl (C=O) groups excluding carboxylic acids is 1. The van der Waals surface area contributed by atoms with Gasteiger partial charge in [-0.2, -0.15) is 0 Å². The van der Waals surface area contributed by atoms with Crippen molar-refractivity contribution in [1.82, 2.24) is 14.9 Å². The first-order valence-electron chi connectivity index (χ1n) is 7.73. The van der Waals surface area contributed by atoms with Gasteiger partial charge in [0, 0.05) is 25.4 Å². The van der Waals surface area contributed by atoms with Crippen molar-refractivity contribution < 1.29 is 4.79 Å². The van der Waals surface area contributed by atoms with Crippen LogP contribution < -0.4 is 5.32 Å². The molecule has 1 heterocycles. The predicted octanol–water partition coefficient (Wildman–Crippen LogP) is 2.98. The highest BCUT2D eigenvalue weighted by atomic mass is 16.1. The molecule has 0 saturated carbocycles. The summed E-state index contributed by atoms with van der Waals surface area (Å²) in [7, 11) is 1.95. The Bertz CT molecular complexity index is 660. The van der Waals surface area contributed by atoms with Crippen LogP contribution in [0.3, 0.4) is 0 Å². The molecule has 0 fully saturated rings. The molecule has 1 aromatic carbocycles. The topological polar surface area (TPSA) is 46.9 Å². The summed E-state index contributed by atoms with van der Waals surface area (Å²) >= 11 is 0. The van der Waals surface area contributed by atoms with Gasteiger partial charge in [-0.1, -0.05) is 42.5 Å². The SMILES string of the molecule is Cn1ccnc1[C@H](NC(=O)[C@H]1CC=CCC1)c1ccccc1. The molecule has 22 heavy (non-hydrogen) atoms. The Hall–Kier alpha value is -2.36.